The van der Waals surface area contributed by atoms with Crippen LogP contribution in [0.1, 0.15) is 42.4 Å². The minimum absolute atomic E-state index is 0.123. The second-order valence-corrected chi connectivity index (χ2v) is 6.93. The maximum atomic E-state index is 12.5. The van der Waals surface area contributed by atoms with Gasteiger partial charge in [0, 0.05) is 23.1 Å². The fraction of sp³-hybridized carbons (Fsp3) is 0.375. The highest BCUT2D eigenvalue weighted by atomic mass is 16.5. The molecule has 6 heteroatoms. The van der Waals surface area contributed by atoms with Gasteiger partial charge >= 0.3 is 5.97 Å². The smallest absolute Gasteiger partial charge is 0.340 e. The number of hydrogen-bond acceptors (Lipinski definition) is 5. The molecule has 3 aromatic rings. The van der Waals surface area contributed by atoms with E-state index in [1.807, 2.05) is 45.0 Å². The second-order valence-electron chi connectivity index (χ2n) is 6.93. The number of fused-ring (bicyclic) bond motifs is 1. The third-order valence-corrected chi connectivity index (χ3v) is 5.02. The van der Waals surface area contributed by atoms with Gasteiger partial charge in [0.1, 0.15) is 5.75 Å². The van der Waals surface area contributed by atoms with Gasteiger partial charge in [-0.3, -0.25) is 0 Å². The van der Waals surface area contributed by atoms with Crippen molar-refractivity contribution in [1.29, 1.82) is 0 Å². The molecule has 0 saturated heterocycles. The molecule has 0 bridgehead atoms. The molecular formula is C24H29NO5. The number of aromatic nitrogens is 1. The van der Waals surface area contributed by atoms with E-state index >= 15 is 0 Å². The van der Waals surface area contributed by atoms with Gasteiger partial charge in [0.25, 0.3) is 0 Å². The third-order valence-electron chi connectivity index (χ3n) is 5.02. The lowest BCUT2D eigenvalue weighted by Gasteiger charge is -2.13. The Morgan fingerprint density at radius 2 is 1.70 bits per heavy atom. The Labute approximate surface area is 177 Å². The summed E-state index contributed by atoms with van der Waals surface area (Å²) < 4.78 is 18.7. The van der Waals surface area contributed by atoms with Crippen LogP contribution in [0.3, 0.4) is 0 Å². The van der Waals surface area contributed by atoms with Crippen LogP contribution in [0.2, 0.25) is 0 Å². The molecule has 30 heavy (non-hydrogen) atoms. The Kier molecular flexibility index (Phi) is 6.87. The van der Waals surface area contributed by atoms with Crippen molar-refractivity contribution in [3.63, 3.8) is 0 Å². The van der Waals surface area contributed by atoms with Crippen LogP contribution in [0.5, 0.6) is 17.2 Å². The predicted octanol–water partition coefficient (Wildman–Crippen LogP) is 4.87. The van der Waals surface area contributed by atoms with Gasteiger partial charge in [-0.1, -0.05) is 6.07 Å². The second kappa shape index (κ2) is 9.57. The maximum absolute atomic E-state index is 12.5. The Morgan fingerprint density at radius 3 is 2.40 bits per heavy atom. The van der Waals surface area contributed by atoms with E-state index in [9.17, 15) is 9.90 Å². The van der Waals surface area contributed by atoms with Gasteiger partial charge in [0.2, 0.25) is 0 Å². The summed E-state index contributed by atoms with van der Waals surface area (Å²) in [6.07, 6.45) is 0.750. The molecule has 0 aliphatic heterocycles. The number of hydrogen-bond donors (Lipinski definition) is 1. The molecule has 3 rings (SSSR count). The molecule has 0 unspecified atom stereocenters. The quantitative estimate of drug-likeness (QED) is 0.509. The lowest BCUT2D eigenvalue weighted by molar-refractivity contribution is 0.0527. The van der Waals surface area contributed by atoms with Gasteiger partial charge in [-0.2, -0.15) is 0 Å². The molecule has 0 atom stereocenters. The third kappa shape index (κ3) is 4.37. The Hall–Kier alpha value is -3.15. The zero-order chi connectivity index (χ0) is 21.7. The molecule has 2 aromatic carbocycles. The topological polar surface area (TPSA) is 69.9 Å². The molecule has 6 nitrogen and oxygen atoms in total. The van der Waals surface area contributed by atoms with Crippen molar-refractivity contribution in [3.8, 4) is 17.2 Å². The van der Waals surface area contributed by atoms with E-state index < -0.39 is 0 Å². The van der Waals surface area contributed by atoms with Gasteiger partial charge < -0.3 is 23.9 Å². The van der Waals surface area contributed by atoms with Crippen molar-refractivity contribution in [2.24, 2.45) is 0 Å². The van der Waals surface area contributed by atoms with E-state index in [0.29, 0.717) is 37.3 Å². The number of benzene rings is 2. The number of nitrogens with zero attached hydrogens (tertiary/aromatic N) is 1. The molecule has 1 N–H and O–H groups in total. The summed E-state index contributed by atoms with van der Waals surface area (Å²) in [5.41, 5.74) is 3.33. The molecule has 0 radical (unpaired) electrons. The van der Waals surface area contributed by atoms with Crippen LogP contribution >= 0.6 is 0 Å². The zero-order valence-corrected chi connectivity index (χ0v) is 18.0. The van der Waals surface area contributed by atoms with Crippen molar-refractivity contribution < 1.29 is 24.1 Å². The standard InChI is InChI=1S/C24H29NO5/c1-5-28-21-11-8-17(14-22(21)29-6-2)12-13-25-16(4)23(24(27)30-7-3)19-15-18(26)9-10-20(19)25/h8-11,14-15,26H,5-7,12-13H2,1-4H3. The number of ether oxygens (including phenoxy) is 3. The average Bonchev–Trinajstić information content (AvgIpc) is 2.99. The molecule has 0 aliphatic rings. The van der Waals surface area contributed by atoms with E-state index in [4.69, 9.17) is 14.2 Å². The van der Waals surface area contributed by atoms with Crippen LogP contribution in [-0.2, 0) is 17.7 Å². The highest BCUT2D eigenvalue weighted by molar-refractivity contribution is 6.06. The molecule has 160 valence electrons. The number of aromatic hydroxyl groups is 1. The molecule has 0 fully saturated rings. The van der Waals surface area contributed by atoms with Crippen molar-refractivity contribution in [3.05, 3.63) is 53.2 Å². The van der Waals surface area contributed by atoms with Crippen LogP contribution in [-0.4, -0.2) is 35.5 Å². The zero-order valence-electron chi connectivity index (χ0n) is 18.0. The van der Waals surface area contributed by atoms with E-state index in [1.54, 1.807) is 19.1 Å². The molecular weight excluding hydrogens is 382 g/mol. The van der Waals surface area contributed by atoms with Crippen LogP contribution in [0.15, 0.2) is 36.4 Å². The number of phenols is 1. The highest BCUT2D eigenvalue weighted by Crippen LogP contribution is 2.31. The highest BCUT2D eigenvalue weighted by Gasteiger charge is 2.21. The molecule has 0 amide bonds. The number of carbonyl (C=O) groups is 1. The van der Waals surface area contributed by atoms with Crippen molar-refractivity contribution >= 4 is 16.9 Å². The van der Waals surface area contributed by atoms with Crippen LogP contribution in [0.25, 0.3) is 10.9 Å². The molecule has 0 aliphatic carbocycles. The van der Waals surface area contributed by atoms with E-state index in [-0.39, 0.29) is 11.7 Å². The van der Waals surface area contributed by atoms with Crippen molar-refractivity contribution in [2.75, 3.05) is 19.8 Å². The van der Waals surface area contributed by atoms with E-state index in [1.165, 1.54) is 0 Å². The normalized spacial score (nSPS) is 10.9. The summed E-state index contributed by atoms with van der Waals surface area (Å²) in [7, 11) is 0. The summed E-state index contributed by atoms with van der Waals surface area (Å²) in [4.78, 5) is 12.5. The number of esters is 1. The summed E-state index contributed by atoms with van der Waals surface area (Å²) in [5.74, 6) is 1.23. The minimum Gasteiger partial charge on any atom is -0.508 e. The first-order valence-corrected chi connectivity index (χ1v) is 10.4. The van der Waals surface area contributed by atoms with Crippen LogP contribution < -0.4 is 9.47 Å². The average molecular weight is 411 g/mol. The Balaban J connectivity index is 1.94. The first-order valence-electron chi connectivity index (χ1n) is 10.4. The van der Waals surface area contributed by atoms with Gasteiger partial charge in [-0.25, -0.2) is 4.79 Å². The van der Waals surface area contributed by atoms with Crippen molar-refractivity contribution in [1.82, 2.24) is 4.57 Å². The number of phenolic OH excluding ortho intramolecular Hbond substituents is 1. The summed E-state index contributed by atoms with van der Waals surface area (Å²) in [5, 5.41) is 10.6. The van der Waals surface area contributed by atoms with Gasteiger partial charge in [0.15, 0.2) is 11.5 Å². The SMILES string of the molecule is CCOC(=O)c1c(C)n(CCc2ccc(OCC)c(OCC)c2)c2ccc(O)cc12. The maximum Gasteiger partial charge on any atom is 0.340 e. The lowest BCUT2D eigenvalue weighted by atomic mass is 10.1. The number of carbonyl (C=O) groups excluding carboxylic acids is 1. The molecule has 1 heterocycles. The summed E-state index contributed by atoms with van der Waals surface area (Å²) in [6, 6.07) is 11.1. The van der Waals surface area contributed by atoms with E-state index in [0.717, 1.165) is 34.7 Å². The minimum atomic E-state index is -0.371. The summed E-state index contributed by atoms with van der Waals surface area (Å²) >= 11 is 0. The monoisotopic (exact) mass is 411 g/mol. The fourth-order valence-corrected chi connectivity index (χ4v) is 3.71. The van der Waals surface area contributed by atoms with Gasteiger partial charge in [-0.15, -0.1) is 0 Å². The molecule has 0 spiro atoms. The Bertz CT molecular complexity index is 1040. The molecule has 1 aromatic heterocycles. The largest absolute Gasteiger partial charge is 0.508 e. The fourth-order valence-electron chi connectivity index (χ4n) is 3.71. The summed E-state index contributed by atoms with van der Waals surface area (Å²) in [6.45, 7) is 9.71. The number of rotatable bonds is 9. The van der Waals surface area contributed by atoms with E-state index in [2.05, 4.69) is 4.57 Å². The van der Waals surface area contributed by atoms with Crippen LogP contribution in [0, 0.1) is 6.92 Å². The first kappa shape index (κ1) is 21.6. The lowest BCUT2D eigenvalue weighted by Crippen LogP contribution is -2.08. The van der Waals surface area contributed by atoms with Crippen molar-refractivity contribution in [2.45, 2.75) is 40.7 Å². The van der Waals surface area contributed by atoms with Crippen LogP contribution in [0.4, 0.5) is 0 Å². The predicted molar refractivity (Wildman–Crippen MR) is 117 cm³/mol. The van der Waals surface area contributed by atoms with Gasteiger partial charge in [-0.05, 0) is 70.0 Å². The first-order chi connectivity index (χ1) is 14.5. The molecule has 0 saturated carbocycles. The Morgan fingerprint density at radius 1 is 0.967 bits per heavy atom. The number of aryl methyl sites for hydroxylation is 2. The van der Waals surface area contributed by atoms with Gasteiger partial charge in [0.05, 0.1) is 25.4 Å².